The predicted molar refractivity (Wildman–Crippen MR) is 38.7 cm³/mol. The SMILES string of the molecule is CC[n+]1c(C)c[se]c1C. The molecule has 0 amide bonds. The second-order valence-corrected chi connectivity index (χ2v) is 4.37. The van der Waals surface area contributed by atoms with Gasteiger partial charge in [-0.15, -0.1) is 0 Å². The zero-order chi connectivity index (χ0) is 6.85. The van der Waals surface area contributed by atoms with Gasteiger partial charge in [0.2, 0.25) is 0 Å². The first kappa shape index (κ1) is 7.04. The molecule has 0 radical (unpaired) electrons. The van der Waals surface area contributed by atoms with Gasteiger partial charge < -0.3 is 0 Å². The summed E-state index contributed by atoms with van der Waals surface area (Å²) in [6, 6.07) is 0. The van der Waals surface area contributed by atoms with Crippen molar-refractivity contribution in [3.05, 3.63) is 15.2 Å². The molecule has 0 bridgehead atoms. The normalized spacial score (nSPS) is 10.1. The van der Waals surface area contributed by atoms with Gasteiger partial charge in [-0.1, -0.05) is 0 Å². The van der Waals surface area contributed by atoms with Crippen LogP contribution in [0.15, 0.2) is 4.94 Å². The molecular formula is C7H12NSe+. The summed E-state index contributed by atoms with van der Waals surface area (Å²) in [4.78, 5) is 2.34. The Kier molecular flexibility index (Phi) is 2.09. The molecule has 50 valence electrons. The van der Waals surface area contributed by atoms with E-state index in [-0.39, 0.29) is 0 Å². The van der Waals surface area contributed by atoms with Crippen LogP contribution in [0.5, 0.6) is 0 Å². The first-order chi connectivity index (χ1) is 4.25. The van der Waals surface area contributed by atoms with Crippen LogP contribution < -0.4 is 4.57 Å². The van der Waals surface area contributed by atoms with E-state index >= 15 is 0 Å². The van der Waals surface area contributed by atoms with Gasteiger partial charge in [-0.3, -0.25) is 0 Å². The quantitative estimate of drug-likeness (QED) is 0.451. The summed E-state index contributed by atoms with van der Waals surface area (Å²) in [5, 5.41) is 0. The molecule has 1 rings (SSSR count). The van der Waals surface area contributed by atoms with Crippen LogP contribution in [0.3, 0.4) is 0 Å². The van der Waals surface area contributed by atoms with Gasteiger partial charge in [-0.2, -0.15) is 0 Å². The maximum atomic E-state index is 2.38. The molecule has 0 aliphatic heterocycles. The molecule has 0 N–H and O–H groups in total. The van der Waals surface area contributed by atoms with Gasteiger partial charge in [-0.25, -0.2) is 0 Å². The molecule has 1 aromatic heterocycles. The first-order valence-corrected chi connectivity index (χ1v) is 5.04. The van der Waals surface area contributed by atoms with E-state index in [0.29, 0.717) is 14.5 Å². The van der Waals surface area contributed by atoms with E-state index in [1.807, 2.05) is 0 Å². The topological polar surface area (TPSA) is 3.88 Å². The van der Waals surface area contributed by atoms with Gasteiger partial charge >= 0.3 is 61.6 Å². The molecule has 1 nitrogen and oxygen atoms in total. The molecule has 0 saturated carbocycles. The number of hydrogen-bond acceptors (Lipinski definition) is 0. The molecule has 1 aromatic rings. The summed E-state index contributed by atoms with van der Waals surface area (Å²) >= 11 is 0.653. The molecule has 0 atom stereocenters. The first-order valence-electron chi connectivity index (χ1n) is 3.20. The fraction of sp³-hybridized carbons (Fsp3) is 0.571. The van der Waals surface area contributed by atoms with E-state index in [1.165, 1.54) is 5.69 Å². The number of aryl methyl sites for hydroxylation is 2. The van der Waals surface area contributed by atoms with Gasteiger partial charge in [0.1, 0.15) is 0 Å². The molecule has 0 aliphatic carbocycles. The summed E-state index contributed by atoms with van der Waals surface area (Å²) in [6.45, 7) is 7.73. The van der Waals surface area contributed by atoms with Crippen LogP contribution in [0.2, 0.25) is 0 Å². The Balaban J connectivity index is 3.07. The molecule has 9 heavy (non-hydrogen) atoms. The monoisotopic (exact) mass is 190 g/mol. The summed E-state index contributed by atoms with van der Waals surface area (Å²) < 4.78 is 3.92. The van der Waals surface area contributed by atoms with Crippen LogP contribution in [0.1, 0.15) is 17.2 Å². The van der Waals surface area contributed by atoms with Crippen molar-refractivity contribution in [2.75, 3.05) is 0 Å². The van der Waals surface area contributed by atoms with Gasteiger partial charge in [0.15, 0.2) is 0 Å². The minimum absolute atomic E-state index is 0.653. The third-order valence-corrected chi connectivity index (χ3v) is 3.66. The fourth-order valence-corrected chi connectivity index (χ4v) is 2.84. The molecule has 0 fully saturated rings. The van der Waals surface area contributed by atoms with Crippen molar-refractivity contribution in [1.82, 2.24) is 0 Å². The molecule has 0 aromatic carbocycles. The van der Waals surface area contributed by atoms with Crippen molar-refractivity contribution >= 4 is 14.5 Å². The Bertz CT molecular complexity index is 183. The summed E-state index contributed by atoms with van der Waals surface area (Å²) in [5.41, 5.74) is 1.44. The van der Waals surface area contributed by atoms with Gasteiger partial charge in [0, 0.05) is 0 Å². The van der Waals surface area contributed by atoms with Crippen molar-refractivity contribution < 1.29 is 4.57 Å². The molecule has 2 heteroatoms. The van der Waals surface area contributed by atoms with Crippen LogP contribution >= 0.6 is 0 Å². The van der Waals surface area contributed by atoms with Crippen LogP contribution in [0, 0.1) is 13.8 Å². The summed E-state index contributed by atoms with van der Waals surface area (Å²) in [5.74, 6) is 0. The van der Waals surface area contributed by atoms with E-state index in [4.69, 9.17) is 0 Å². The molecule has 0 saturated heterocycles. The second-order valence-electron chi connectivity index (χ2n) is 2.14. The van der Waals surface area contributed by atoms with Crippen molar-refractivity contribution in [3.63, 3.8) is 0 Å². The molecule has 0 spiro atoms. The van der Waals surface area contributed by atoms with Crippen LogP contribution in [0.4, 0.5) is 0 Å². The van der Waals surface area contributed by atoms with E-state index in [1.54, 1.807) is 4.57 Å². The van der Waals surface area contributed by atoms with Crippen LogP contribution in [-0.2, 0) is 6.54 Å². The van der Waals surface area contributed by atoms with E-state index in [9.17, 15) is 0 Å². The Morgan fingerprint density at radius 1 is 1.56 bits per heavy atom. The van der Waals surface area contributed by atoms with Crippen LogP contribution in [0.25, 0.3) is 0 Å². The molecule has 0 aliphatic rings. The zero-order valence-electron chi connectivity index (χ0n) is 6.14. The van der Waals surface area contributed by atoms with Crippen molar-refractivity contribution in [3.8, 4) is 0 Å². The summed E-state index contributed by atoms with van der Waals surface area (Å²) in [7, 11) is 0. The number of rotatable bonds is 1. The van der Waals surface area contributed by atoms with E-state index in [0.717, 1.165) is 6.54 Å². The van der Waals surface area contributed by atoms with Gasteiger partial charge in [0.05, 0.1) is 0 Å². The van der Waals surface area contributed by atoms with Gasteiger partial charge in [0.25, 0.3) is 0 Å². The third-order valence-electron chi connectivity index (χ3n) is 1.52. The van der Waals surface area contributed by atoms with Crippen LogP contribution in [-0.4, -0.2) is 14.5 Å². The van der Waals surface area contributed by atoms with Crippen molar-refractivity contribution in [1.29, 1.82) is 0 Å². The minimum atomic E-state index is 0.653. The van der Waals surface area contributed by atoms with Crippen molar-refractivity contribution in [2.45, 2.75) is 27.3 Å². The average Bonchev–Trinajstić information content (AvgIpc) is 2.12. The van der Waals surface area contributed by atoms with Gasteiger partial charge in [-0.05, 0) is 0 Å². The Labute approximate surface area is 62.1 Å². The Morgan fingerprint density at radius 3 is 2.44 bits per heavy atom. The maximum absolute atomic E-state index is 2.38. The molecular weight excluding hydrogens is 177 g/mol. The molecule has 1 heterocycles. The predicted octanol–water partition coefficient (Wildman–Crippen LogP) is 0.668. The molecule has 0 unspecified atom stereocenters. The Hall–Kier alpha value is -0.0705. The number of aromatic nitrogens is 1. The number of nitrogens with zero attached hydrogens (tertiary/aromatic N) is 1. The zero-order valence-corrected chi connectivity index (χ0v) is 7.85. The standard InChI is InChI=1S/C7H12NSe/c1-4-8-6(2)5-9-7(8)3/h5H,4H2,1-3H3/q+1. The van der Waals surface area contributed by atoms with Crippen molar-refractivity contribution in [2.24, 2.45) is 0 Å². The number of hydrogen-bond donors (Lipinski definition) is 0. The van der Waals surface area contributed by atoms with E-state index in [2.05, 4.69) is 30.3 Å². The third kappa shape index (κ3) is 1.25. The Morgan fingerprint density at radius 2 is 2.22 bits per heavy atom. The average molecular weight is 189 g/mol. The summed E-state index contributed by atoms with van der Waals surface area (Å²) in [6.07, 6.45) is 0. The second kappa shape index (κ2) is 2.68. The van der Waals surface area contributed by atoms with E-state index < -0.39 is 0 Å². The fourth-order valence-electron chi connectivity index (χ4n) is 1.02.